The van der Waals surface area contributed by atoms with E-state index in [9.17, 15) is 9.59 Å². The Kier molecular flexibility index (Phi) is 1.89. The summed E-state index contributed by atoms with van der Waals surface area (Å²) in [5, 5.41) is 9.38. The van der Waals surface area contributed by atoms with Gasteiger partial charge in [0.15, 0.2) is 0 Å². The Morgan fingerprint density at radius 1 is 1.57 bits per heavy atom. The summed E-state index contributed by atoms with van der Waals surface area (Å²) in [4.78, 5) is 25.5. The molecule has 2 N–H and O–H groups in total. The summed E-state index contributed by atoms with van der Waals surface area (Å²) in [5.41, 5.74) is -0.0907. The Balaban J connectivity index is 2.95. The van der Waals surface area contributed by atoms with E-state index in [0.29, 0.717) is 10.1 Å². The van der Waals surface area contributed by atoms with Crippen LogP contribution in [0.25, 0.3) is 10.1 Å². The molecule has 0 saturated heterocycles. The van der Waals surface area contributed by atoms with Crippen molar-refractivity contribution in [2.75, 3.05) is 0 Å². The van der Waals surface area contributed by atoms with Crippen LogP contribution < -0.4 is 5.56 Å². The van der Waals surface area contributed by atoms with Gasteiger partial charge in [-0.2, -0.15) is 0 Å². The van der Waals surface area contributed by atoms with E-state index >= 15 is 0 Å². The molecule has 0 radical (unpaired) electrons. The highest BCUT2D eigenvalue weighted by Crippen LogP contribution is 2.24. The molecule has 2 rings (SSSR count). The molecule has 2 heterocycles. The van der Waals surface area contributed by atoms with Crippen molar-refractivity contribution >= 4 is 27.4 Å². The minimum Gasteiger partial charge on any atom is -0.478 e. The van der Waals surface area contributed by atoms with Crippen molar-refractivity contribution in [1.82, 2.24) is 4.98 Å². The van der Waals surface area contributed by atoms with E-state index in [1.54, 1.807) is 6.07 Å². The van der Waals surface area contributed by atoms with E-state index < -0.39 is 5.97 Å². The van der Waals surface area contributed by atoms with Crippen LogP contribution in [0.1, 0.15) is 15.2 Å². The number of carboxylic acids is 1. The van der Waals surface area contributed by atoms with Gasteiger partial charge in [-0.1, -0.05) is 0 Å². The Hall–Kier alpha value is -1.62. The van der Waals surface area contributed by atoms with Crippen molar-refractivity contribution < 1.29 is 9.90 Å². The number of carboxylic acid groups (broad SMARTS) is 1. The summed E-state index contributed by atoms with van der Waals surface area (Å²) >= 11 is 1.30. The number of aromatic carboxylic acids is 1. The van der Waals surface area contributed by atoms with E-state index in [2.05, 4.69) is 4.98 Å². The van der Waals surface area contributed by atoms with Crippen molar-refractivity contribution in [1.29, 1.82) is 0 Å². The minimum absolute atomic E-state index is 0.143. The maximum atomic E-state index is 11.3. The molecular formula is C9H7NO3S. The largest absolute Gasteiger partial charge is 0.478 e. The van der Waals surface area contributed by atoms with Crippen LogP contribution in [-0.4, -0.2) is 16.1 Å². The number of rotatable bonds is 1. The zero-order valence-electron chi connectivity index (χ0n) is 7.33. The van der Waals surface area contributed by atoms with Gasteiger partial charge in [0.05, 0.1) is 5.56 Å². The topological polar surface area (TPSA) is 70.2 Å². The highest BCUT2D eigenvalue weighted by molar-refractivity contribution is 7.19. The van der Waals surface area contributed by atoms with Crippen molar-refractivity contribution in [2.45, 2.75) is 6.92 Å². The van der Waals surface area contributed by atoms with Gasteiger partial charge in [-0.05, 0) is 13.0 Å². The number of aromatic amines is 1. The average molecular weight is 209 g/mol. The minimum atomic E-state index is -1.02. The summed E-state index contributed by atoms with van der Waals surface area (Å²) in [6.07, 6.45) is 1.24. The molecule has 2 aromatic rings. The third-order valence-corrected chi connectivity index (χ3v) is 2.98. The van der Waals surface area contributed by atoms with Crippen LogP contribution in [0.5, 0.6) is 0 Å². The average Bonchev–Trinajstić information content (AvgIpc) is 2.47. The monoisotopic (exact) mass is 209 g/mol. The van der Waals surface area contributed by atoms with Gasteiger partial charge in [0, 0.05) is 16.5 Å². The number of hydrogen-bond donors (Lipinski definition) is 2. The number of H-pyrrole nitrogens is 1. The first-order valence-electron chi connectivity index (χ1n) is 3.94. The fourth-order valence-corrected chi connectivity index (χ4v) is 2.27. The molecule has 0 saturated carbocycles. The molecule has 2 aromatic heterocycles. The summed E-state index contributed by atoms with van der Waals surface area (Å²) in [6, 6.07) is 1.72. The summed E-state index contributed by atoms with van der Waals surface area (Å²) < 4.78 is 0.474. The second-order valence-electron chi connectivity index (χ2n) is 2.94. The number of pyridine rings is 1. The Morgan fingerprint density at radius 3 is 2.93 bits per heavy atom. The van der Waals surface area contributed by atoms with E-state index in [1.807, 2.05) is 6.92 Å². The van der Waals surface area contributed by atoms with Gasteiger partial charge in [0.2, 0.25) is 0 Å². The molecule has 0 fully saturated rings. The Bertz CT molecular complexity index is 567. The predicted molar refractivity (Wildman–Crippen MR) is 54.1 cm³/mol. The second-order valence-corrected chi connectivity index (χ2v) is 4.19. The molecule has 0 aliphatic rings. The molecule has 5 heteroatoms. The van der Waals surface area contributed by atoms with Crippen molar-refractivity contribution in [2.24, 2.45) is 0 Å². The lowest BCUT2D eigenvalue weighted by Crippen LogP contribution is -2.07. The van der Waals surface area contributed by atoms with Crippen LogP contribution in [0.15, 0.2) is 17.1 Å². The molecule has 0 bridgehead atoms. The number of nitrogens with one attached hydrogen (secondary N) is 1. The number of hydrogen-bond acceptors (Lipinski definition) is 3. The number of fused-ring (bicyclic) bond motifs is 1. The van der Waals surface area contributed by atoms with Gasteiger partial charge in [0.25, 0.3) is 5.56 Å². The summed E-state index contributed by atoms with van der Waals surface area (Å²) in [5.74, 6) is -1.02. The van der Waals surface area contributed by atoms with E-state index in [1.165, 1.54) is 17.5 Å². The number of carbonyl (C=O) groups is 1. The van der Waals surface area contributed by atoms with Gasteiger partial charge in [0.1, 0.15) is 4.70 Å². The Morgan fingerprint density at radius 2 is 2.29 bits per heavy atom. The Labute approximate surface area is 82.8 Å². The zero-order chi connectivity index (χ0) is 10.3. The molecule has 0 aromatic carbocycles. The zero-order valence-corrected chi connectivity index (χ0v) is 8.14. The smallest absolute Gasteiger partial charge is 0.337 e. The third-order valence-electron chi connectivity index (χ3n) is 1.93. The fourth-order valence-electron chi connectivity index (χ4n) is 1.34. The van der Waals surface area contributed by atoms with Crippen LogP contribution in [0.3, 0.4) is 0 Å². The van der Waals surface area contributed by atoms with Gasteiger partial charge in [-0.25, -0.2) is 4.79 Å². The molecule has 72 valence electrons. The van der Waals surface area contributed by atoms with E-state index in [-0.39, 0.29) is 11.1 Å². The standard InChI is InChI=1S/C9H7NO3S/c1-4-2-5-6(9(12)13)3-10-8(11)7(5)14-4/h2-3H,1H3,(H,10,11)(H,12,13). The first-order chi connectivity index (χ1) is 6.59. The van der Waals surface area contributed by atoms with Crippen LogP contribution >= 0.6 is 11.3 Å². The van der Waals surface area contributed by atoms with Crippen molar-refractivity contribution in [3.8, 4) is 0 Å². The molecule has 0 spiro atoms. The normalized spacial score (nSPS) is 10.6. The number of aryl methyl sites for hydroxylation is 1. The molecule has 4 nitrogen and oxygen atoms in total. The summed E-state index contributed by atoms with van der Waals surface area (Å²) in [6.45, 7) is 1.84. The summed E-state index contributed by atoms with van der Waals surface area (Å²) in [7, 11) is 0. The lowest BCUT2D eigenvalue weighted by molar-refractivity contribution is 0.0698. The van der Waals surface area contributed by atoms with Crippen LogP contribution in [-0.2, 0) is 0 Å². The SMILES string of the molecule is Cc1cc2c(C(=O)O)c[nH]c(=O)c2s1. The lowest BCUT2D eigenvalue weighted by atomic mass is 10.2. The van der Waals surface area contributed by atoms with Crippen molar-refractivity contribution in [3.63, 3.8) is 0 Å². The number of aromatic nitrogens is 1. The maximum Gasteiger partial charge on any atom is 0.337 e. The third kappa shape index (κ3) is 1.22. The molecule has 0 unspecified atom stereocenters. The molecule has 0 aliphatic carbocycles. The molecule has 0 aliphatic heterocycles. The van der Waals surface area contributed by atoms with Gasteiger partial charge < -0.3 is 10.1 Å². The molecular weight excluding hydrogens is 202 g/mol. The fraction of sp³-hybridized carbons (Fsp3) is 0.111. The van der Waals surface area contributed by atoms with Crippen LogP contribution in [0, 0.1) is 6.92 Å². The van der Waals surface area contributed by atoms with Gasteiger partial charge in [-0.3, -0.25) is 4.79 Å². The molecule has 0 atom stereocenters. The number of thiophene rings is 1. The first kappa shape index (κ1) is 8.96. The van der Waals surface area contributed by atoms with Crippen molar-refractivity contribution in [3.05, 3.63) is 33.1 Å². The van der Waals surface area contributed by atoms with Gasteiger partial charge >= 0.3 is 5.97 Å². The quantitative estimate of drug-likeness (QED) is 0.749. The second kappa shape index (κ2) is 2.95. The maximum absolute atomic E-state index is 11.3. The highest BCUT2D eigenvalue weighted by atomic mass is 32.1. The predicted octanol–water partition coefficient (Wildman–Crippen LogP) is 1.60. The lowest BCUT2D eigenvalue weighted by Gasteiger charge is -1.94. The van der Waals surface area contributed by atoms with E-state index in [0.717, 1.165) is 4.88 Å². The van der Waals surface area contributed by atoms with Crippen LogP contribution in [0.2, 0.25) is 0 Å². The van der Waals surface area contributed by atoms with Crippen LogP contribution in [0.4, 0.5) is 0 Å². The highest BCUT2D eigenvalue weighted by Gasteiger charge is 2.12. The van der Waals surface area contributed by atoms with Gasteiger partial charge in [-0.15, -0.1) is 11.3 Å². The first-order valence-corrected chi connectivity index (χ1v) is 4.76. The van der Waals surface area contributed by atoms with E-state index in [4.69, 9.17) is 5.11 Å². The molecule has 0 amide bonds. The molecule has 14 heavy (non-hydrogen) atoms.